The molecule has 0 saturated carbocycles. The van der Waals surface area contributed by atoms with Crippen molar-refractivity contribution in [3.8, 4) is 17.9 Å². The maximum absolute atomic E-state index is 9.85. The lowest BCUT2D eigenvalue weighted by molar-refractivity contribution is 0.305. The monoisotopic (exact) mass is 420 g/mol. The molecule has 0 fully saturated rings. The number of benzene rings is 4. The fraction of sp³-hybridized carbons (Fsp3) is 0.0370. The smallest absolute Gasteiger partial charge is 0.127 e. The van der Waals surface area contributed by atoms with Gasteiger partial charge in [0.15, 0.2) is 0 Å². The van der Waals surface area contributed by atoms with Crippen LogP contribution in [0.2, 0.25) is 5.02 Å². The molecule has 4 aromatic rings. The van der Waals surface area contributed by atoms with E-state index in [1.165, 1.54) is 0 Å². The van der Waals surface area contributed by atoms with Crippen molar-refractivity contribution >= 4 is 34.0 Å². The zero-order chi connectivity index (χ0) is 21.6. The van der Waals surface area contributed by atoms with Crippen LogP contribution in [-0.2, 0) is 6.61 Å². The predicted molar refractivity (Wildman–Crippen MR) is 124 cm³/mol. The highest BCUT2D eigenvalue weighted by molar-refractivity contribution is 6.32. The van der Waals surface area contributed by atoms with Gasteiger partial charge in [0.05, 0.1) is 23.3 Å². The van der Waals surface area contributed by atoms with Gasteiger partial charge in [-0.05, 0) is 35.0 Å². The Balaban J connectivity index is 1.82. The summed E-state index contributed by atoms with van der Waals surface area (Å²) in [6, 6.07) is 30.9. The molecule has 0 saturated heterocycles. The van der Waals surface area contributed by atoms with Crippen molar-refractivity contribution in [2.75, 3.05) is 0 Å². The van der Waals surface area contributed by atoms with E-state index in [2.05, 4.69) is 12.1 Å². The molecule has 3 nitrogen and oxygen atoms in total. The number of fused-ring (bicyclic) bond motifs is 1. The van der Waals surface area contributed by atoms with Crippen molar-refractivity contribution in [1.82, 2.24) is 0 Å². The molecule has 0 N–H and O–H groups in total. The first kappa shape index (κ1) is 20.2. The van der Waals surface area contributed by atoms with E-state index in [9.17, 15) is 10.5 Å². The molecule has 0 atom stereocenters. The van der Waals surface area contributed by atoms with Gasteiger partial charge in [0.1, 0.15) is 12.4 Å². The van der Waals surface area contributed by atoms with Gasteiger partial charge in [-0.1, -0.05) is 78.3 Å². The first-order chi connectivity index (χ1) is 15.2. The molecule has 0 spiro atoms. The minimum absolute atomic E-state index is 0.247. The van der Waals surface area contributed by atoms with Crippen LogP contribution in [0.3, 0.4) is 0 Å². The van der Waals surface area contributed by atoms with Gasteiger partial charge in [-0.15, -0.1) is 0 Å². The second-order valence-electron chi connectivity index (χ2n) is 6.91. The van der Waals surface area contributed by atoms with Gasteiger partial charge in [-0.25, -0.2) is 0 Å². The first-order valence-electron chi connectivity index (χ1n) is 9.70. The van der Waals surface area contributed by atoms with Gasteiger partial charge >= 0.3 is 0 Å². The molecule has 0 radical (unpaired) electrons. The molecule has 4 aromatic carbocycles. The van der Waals surface area contributed by atoms with Crippen molar-refractivity contribution in [3.05, 3.63) is 112 Å². The molecule has 0 aliphatic carbocycles. The lowest BCUT2D eigenvalue weighted by Crippen LogP contribution is -2.00. The third-order valence-corrected chi connectivity index (χ3v) is 5.35. The maximum Gasteiger partial charge on any atom is 0.127 e. The number of halogens is 1. The fourth-order valence-corrected chi connectivity index (χ4v) is 3.69. The Hall–Kier alpha value is -4.05. The summed E-state index contributed by atoms with van der Waals surface area (Å²) in [4.78, 5) is 0. The van der Waals surface area contributed by atoms with Crippen LogP contribution < -0.4 is 4.74 Å². The summed E-state index contributed by atoms with van der Waals surface area (Å²) >= 11 is 6.34. The molecule has 0 aliphatic rings. The van der Waals surface area contributed by atoms with E-state index in [4.69, 9.17) is 16.3 Å². The molecule has 4 heteroatoms. The summed E-state index contributed by atoms with van der Waals surface area (Å²) in [5.41, 5.74) is 3.29. The molecule has 148 valence electrons. The summed E-state index contributed by atoms with van der Waals surface area (Å²) in [5.74, 6) is 0.631. The average Bonchev–Trinajstić information content (AvgIpc) is 2.82. The molecular weight excluding hydrogens is 404 g/mol. The van der Waals surface area contributed by atoms with Crippen molar-refractivity contribution < 1.29 is 4.74 Å². The third-order valence-electron chi connectivity index (χ3n) is 5.02. The second kappa shape index (κ2) is 9.18. The number of nitrogens with zero attached hydrogens (tertiary/aromatic N) is 2. The summed E-state index contributed by atoms with van der Waals surface area (Å²) in [6.45, 7) is 0.247. The predicted octanol–water partition coefficient (Wildman–Crippen LogP) is 7.01. The fourth-order valence-electron chi connectivity index (χ4n) is 3.46. The Morgan fingerprint density at radius 3 is 2.42 bits per heavy atom. The first-order valence-corrected chi connectivity index (χ1v) is 10.1. The van der Waals surface area contributed by atoms with Crippen LogP contribution in [0.1, 0.15) is 22.3 Å². The van der Waals surface area contributed by atoms with Gasteiger partial charge in [-0.2, -0.15) is 10.5 Å². The lowest BCUT2D eigenvalue weighted by Gasteiger charge is -2.14. The zero-order valence-corrected chi connectivity index (χ0v) is 17.3. The summed E-state index contributed by atoms with van der Waals surface area (Å²) in [6.07, 6.45) is 1.81. The highest BCUT2D eigenvalue weighted by Crippen LogP contribution is 2.34. The minimum Gasteiger partial charge on any atom is -0.488 e. The van der Waals surface area contributed by atoms with E-state index >= 15 is 0 Å². The van der Waals surface area contributed by atoms with Crippen LogP contribution in [0, 0.1) is 22.7 Å². The largest absolute Gasteiger partial charge is 0.488 e. The van der Waals surface area contributed by atoms with E-state index < -0.39 is 0 Å². The van der Waals surface area contributed by atoms with Crippen LogP contribution in [0.4, 0.5) is 0 Å². The van der Waals surface area contributed by atoms with E-state index in [-0.39, 0.29) is 6.61 Å². The number of hydrogen-bond donors (Lipinski definition) is 0. The zero-order valence-electron chi connectivity index (χ0n) is 16.5. The van der Waals surface area contributed by atoms with E-state index in [1.807, 2.05) is 78.9 Å². The molecule has 0 aliphatic heterocycles. The number of ether oxygens (including phenoxy) is 1. The maximum atomic E-state index is 9.85. The molecule has 0 amide bonds. The Bertz CT molecular complexity index is 1380. The Morgan fingerprint density at radius 2 is 1.61 bits per heavy atom. The molecule has 0 heterocycles. The third kappa shape index (κ3) is 4.28. The lowest BCUT2D eigenvalue weighted by atomic mass is 9.98. The van der Waals surface area contributed by atoms with Crippen LogP contribution in [0.25, 0.3) is 22.4 Å². The minimum atomic E-state index is 0.247. The standard InChI is InChI=1S/C27H17ClN2O/c28-26-12-6-5-11-24(26)22(17-30)15-25-23-10-4-3-7-19(23)13-14-27(25)31-18-21-9-2-1-8-20(21)16-29/h1-15H,18H2. The van der Waals surface area contributed by atoms with Gasteiger partial charge < -0.3 is 4.74 Å². The van der Waals surface area contributed by atoms with Gasteiger partial charge in [0.2, 0.25) is 0 Å². The Morgan fingerprint density at radius 1 is 0.871 bits per heavy atom. The van der Waals surface area contributed by atoms with E-state index in [0.717, 1.165) is 21.9 Å². The van der Waals surface area contributed by atoms with Gasteiger partial charge in [0, 0.05) is 21.7 Å². The molecule has 4 rings (SSSR count). The summed E-state index contributed by atoms with van der Waals surface area (Å²) < 4.78 is 6.15. The topological polar surface area (TPSA) is 56.8 Å². The second-order valence-corrected chi connectivity index (χ2v) is 7.31. The molecule has 0 aromatic heterocycles. The summed E-state index contributed by atoms with van der Waals surface area (Å²) in [5, 5.41) is 21.7. The number of allylic oxidation sites excluding steroid dienone is 1. The number of nitriles is 2. The quantitative estimate of drug-likeness (QED) is 0.258. The average molecular weight is 421 g/mol. The van der Waals surface area contributed by atoms with E-state index in [1.54, 1.807) is 12.1 Å². The van der Waals surface area contributed by atoms with Crippen molar-refractivity contribution in [1.29, 1.82) is 10.5 Å². The Labute approximate surface area is 186 Å². The van der Waals surface area contributed by atoms with Crippen LogP contribution >= 0.6 is 11.6 Å². The van der Waals surface area contributed by atoms with Crippen molar-refractivity contribution in [3.63, 3.8) is 0 Å². The van der Waals surface area contributed by atoms with Crippen molar-refractivity contribution in [2.45, 2.75) is 6.61 Å². The molecule has 0 bridgehead atoms. The van der Waals surface area contributed by atoms with Crippen LogP contribution in [0.5, 0.6) is 5.75 Å². The molecular formula is C27H17ClN2O. The normalized spacial score (nSPS) is 11.0. The highest BCUT2D eigenvalue weighted by atomic mass is 35.5. The van der Waals surface area contributed by atoms with Crippen molar-refractivity contribution in [2.24, 2.45) is 0 Å². The molecule has 31 heavy (non-hydrogen) atoms. The SMILES string of the molecule is N#CC(=Cc1c(OCc2ccccc2C#N)ccc2ccccc12)c1ccccc1Cl. The molecule has 0 unspecified atom stereocenters. The van der Waals surface area contributed by atoms with E-state index in [0.29, 0.717) is 27.5 Å². The van der Waals surface area contributed by atoms with Gasteiger partial charge in [0.25, 0.3) is 0 Å². The number of hydrogen-bond acceptors (Lipinski definition) is 3. The summed E-state index contributed by atoms with van der Waals surface area (Å²) in [7, 11) is 0. The highest BCUT2D eigenvalue weighted by Gasteiger charge is 2.12. The Kier molecular flexibility index (Phi) is 5.99. The van der Waals surface area contributed by atoms with Crippen LogP contribution in [-0.4, -0.2) is 0 Å². The van der Waals surface area contributed by atoms with Crippen LogP contribution in [0.15, 0.2) is 84.9 Å². The number of rotatable bonds is 5. The van der Waals surface area contributed by atoms with Gasteiger partial charge in [-0.3, -0.25) is 0 Å².